The molecule has 1 fully saturated rings. The average Bonchev–Trinajstić information content (AvgIpc) is 2.89. The van der Waals surface area contributed by atoms with Gasteiger partial charge in [0.2, 0.25) is 0 Å². The van der Waals surface area contributed by atoms with Crippen LogP contribution in [0.15, 0.2) is 85.1 Å². The number of aromatic nitrogens is 2. The quantitative estimate of drug-likeness (QED) is 0.462. The summed E-state index contributed by atoms with van der Waals surface area (Å²) in [5.41, 5.74) is 4.70. The molecule has 166 valence electrons. The Morgan fingerprint density at radius 2 is 1.52 bits per heavy atom. The lowest BCUT2D eigenvalue weighted by molar-refractivity contribution is -0.138. The zero-order chi connectivity index (χ0) is 22.6. The van der Waals surface area contributed by atoms with Crippen LogP contribution < -0.4 is 9.64 Å². The second-order valence-corrected chi connectivity index (χ2v) is 8.18. The lowest BCUT2D eigenvalue weighted by Gasteiger charge is -2.37. The number of carbonyl (C=O) groups excluding carboxylic acids is 1. The van der Waals surface area contributed by atoms with E-state index in [9.17, 15) is 4.79 Å². The smallest absolute Gasteiger partial charge is 0.263 e. The first-order chi connectivity index (χ1) is 16.2. The van der Waals surface area contributed by atoms with Crippen molar-refractivity contribution in [2.24, 2.45) is 0 Å². The van der Waals surface area contributed by atoms with Crippen molar-refractivity contribution in [3.8, 4) is 17.0 Å². The second-order valence-electron chi connectivity index (χ2n) is 8.18. The molecule has 1 aliphatic rings. The number of amides is 1. The van der Waals surface area contributed by atoms with Crippen molar-refractivity contribution in [3.63, 3.8) is 0 Å². The summed E-state index contributed by atoms with van der Waals surface area (Å²) in [5.74, 6) is 0.684. The van der Waals surface area contributed by atoms with Crippen molar-refractivity contribution in [1.29, 1.82) is 0 Å². The number of rotatable bonds is 5. The molecule has 0 radical (unpaired) electrons. The predicted octanol–water partition coefficient (Wildman–Crippen LogP) is 4.41. The summed E-state index contributed by atoms with van der Waals surface area (Å²) in [6.45, 7) is 4.85. The Morgan fingerprint density at radius 3 is 2.24 bits per heavy atom. The number of benzene rings is 3. The monoisotopic (exact) mass is 438 g/mol. The molecule has 1 saturated heterocycles. The summed E-state index contributed by atoms with van der Waals surface area (Å²) < 4.78 is 5.96. The van der Waals surface area contributed by atoms with Crippen molar-refractivity contribution in [2.45, 2.75) is 13.0 Å². The number of carbonyl (C=O) groups is 1. The van der Waals surface area contributed by atoms with Gasteiger partial charge >= 0.3 is 0 Å². The van der Waals surface area contributed by atoms with Gasteiger partial charge in [-0.1, -0.05) is 30.3 Å². The van der Waals surface area contributed by atoms with Gasteiger partial charge in [0.25, 0.3) is 5.91 Å². The van der Waals surface area contributed by atoms with E-state index in [2.05, 4.69) is 27.0 Å². The molecule has 0 N–H and O–H groups in total. The first kappa shape index (κ1) is 20.9. The van der Waals surface area contributed by atoms with Crippen LogP contribution in [-0.4, -0.2) is 53.1 Å². The normalized spacial score (nSPS) is 14.8. The van der Waals surface area contributed by atoms with E-state index < -0.39 is 6.10 Å². The zero-order valence-electron chi connectivity index (χ0n) is 18.6. The van der Waals surface area contributed by atoms with Crippen LogP contribution in [0.5, 0.6) is 5.75 Å². The maximum atomic E-state index is 12.9. The molecular weight excluding hydrogens is 412 g/mol. The molecule has 1 aliphatic heterocycles. The molecule has 0 bridgehead atoms. The SMILES string of the molecule is CC(Oc1ccc(-c2cnc3ccccc3n2)cc1)C(=O)N1CCN(c2ccccc2)CC1. The van der Waals surface area contributed by atoms with Gasteiger partial charge in [0.1, 0.15) is 5.75 Å². The Hall–Kier alpha value is -3.93. The van der Waals surface area contributed by atoms with Crippen molar-refractivity contribution in [2.75, 3.05) is 31.1 Å². The van der Waals surface area contributed by atoms with Crippen LogP contribution in [0.3, 0.4) is 0 Å². The summed E-state index contributed by atoms with van der Waals surface area (Å²) in [6.07, 6.45) is 1.24. The van der Waals surface area contributed by atoms with Gasteiger partial charge in [0, 0.05) is 37.4 Å². The highest BCUT2D eigenvalue weighted by Gasteiger charge is 2.26. The fourth-order valence-electron chi connectivity index (χ4n) is 4.14. The minimum Gasteiger partial charge on any atom is -0.481 e. The molecule has 0 aliphatic carbocycles. The third-order valence-corrected chi connectivity index (χ3v) is 5.97. The standard InChI is InChI=1S/C27H26N4O2/c1-20(27(32)31-17-15-30(16-18-31)22-7-3-2-4-8-22)33-23-13-11-21(12-14-23)26-19-28-24-9-5-6-10-25(24)29-26/h2-14,19-20H,15-18H2,1H3. The summed E-state index contributed by atoms with van der Waals surface area (Å²) >= 11 is 0. The van der Waals surface area contributed by atoms with Crippen molar-refractivity contribution >= 4 is 22.6 Å². The van der Waals surface area contributed by atoms with Gasteiger partial charge < -0.3 is 14.5 Å². The number of para-hydroxylation sites is 3. The molecule has 1 amide bonds. The fraction of sp³-hybridized carbons (Fsp3) is 0.222. The Balaban J connectivity index is 1.19. The molecule has 33 heavy (non-hydrogen) atoms. The maximum absolute atomic E-state index is 12.9. The minimum atomic E-state index is -0.542. The highest BCUT2D eigenvalue weighted by molar-refractivity contribution is 5.81. The number of hydrogen-bond donors (Lipinski definition) is 0. The third kappa shape index (κ3) is 4.65. The maximum Gasteiger partial charge on any atom is 0.263 e. The van der Waals surface area contributed by atoms with Gasteiger partial charge in [0.15, 0.2) is 6.10 Å². The fourth-order valence-corrected chi connectivity index (χ4v) is 4.14. The van der Waals surface area contributed by atoms with Crippen LogP contribution in [0.4, 0.5) is 5.69 Å². The van der Waals surface area contributed by atoms with Gasteiger partial charge in [-0.05, 0) is 55.5 Å². The topological polar surface area (TPSA) is 58.6 Å². The van der Waals surface area contributed by atoms with Gasteiger partial charge in [-0.15, -0.1) is 0 Å². The highest BCUT2D eigenvalue weighted by Crippen LogP contribution is 2.23. The van der Waals surface area contributed by atoms with E-state index in [1.54, 1.807) is 6.20 Å². The van der Waals surface area contributed by atoms with Crippen LogP contribution >= 0.6 is 0 Å². The largest absolute Gasteiger partial charge is 0.481 e. The zero-order valence-corrected chi connectivity index (χ0v) is 18.6. The molecule has 3 aromatic carbocycles. The average molecular weight is 439 g/mol. The van der Waals surface area contributed by atoms with Crippen LogP contribution in [0.25, 0.3) is 22.3 Å². The lowest BCUT2D eigenvalue weighted by Crippen LogP contribution is -2.52. The molecule has 1 atom stereocenters. The van der Waals surface area contributed by atoms with Crippen molar-refractivity contribution in [1.82, 2.24) is 14.9 Å². The first-order valence-corrected chi connectivity index (χ1v) is 11.2. The molecule has 2 heterocycles. The summed E-state index contributed by atoms with van der Waals surface area (Å²) in [7, 11) is 0. The van der Waals surface area contributed by atoms with Crippen LogP contribution in [0.2, 0.25) is 0 Å². The number of nitrogens with zero attached hydrogens (tertiary/aromatic N) is 4. The van der Waals surface area contributed by atoms with Gasteiger partial charge in [-0.3, -0.25) is 9.78 Å². The van der Waals surface area contributed by atoms with E-state index in [-0.39, 0.29) is 5.91 Å². The Kier molecular flexibility index (Phi) is 5.89. The Labute approximate surface area is 193 Å². The van der Waals surface area contributed by atoms with E-state index in [4.69, 9.17) is 4.74 Å². The minimum absolute atomic E-state index is 0.0205. The molecule has 0 spiro atoms. The number of ether oxygens (including phenoxy) is 1. The second kappa shape index (κ2) is 9.28. The summed E-state index contributed by atoms with van der Waals surface area (Å²) in [5, 5.41) is 0. The van der Waals surface area contributed by atoms with E-state index >= 15 is 0 Å². The van der Waals surface area contributed by atoms with Gasteiger partial charge in [-0.25, -0.2) is 4.98 Å². The summed E-state index contributed by atoms with van der Waals surface area (Å²) in [4.78, 5) is 26.3. The van der Waals surface area contributed by atoms with Crippen molar-refractivity contribution < 1.29 is 9.53 Å². The molecule has 1 unspecified atom stereocenters. The van der Waals surface area contributed by atoms with E-state index in [1.807, 2.05) is 78.6 Å². The molecule has 1 aromatic heterocycles. The molecule has 0 saturated carbocycles. The van der Waals surface area contributed by atoms with Crippen LogP contribution in [0, 0.1) is 0 Å². The number of fused-ring (bicyclic) bond motifs is 1. The van der Waals surface area contributed by atoms with Crippen LogP contribution in [0.1, 0.15) is 6.92 Å². The predicted molar refractivity (Wildman–Crippen MR) is 130 cm³/mol. The van der Waals surface area contributed by atoms with E-state index in [1.165, 1.54) is 5.69 Å². The van der Waals surface area contributed by atoms with Gasteiger partial charge in [0.05, 0.1) is 22.9 Å². The molecule has 6 heteroatoms. The van der Waals surface area contributed by atoms with E-state index in [0.29, 0.717) is 18.8 Å². The molecule has 6 nitrogen and oxygen atoms in total. The number of anilines is 1. The number of hydrogen-bond acceptors (Lipinski definition) is 5. The molecule has 5 rings (SSSR count). The lowest BCUT2D eigenvalue weighted by atomic mass is 10.1. The van der Waals surface area contributed by atoms with Gasteiger partial charge in [-0.2, -0.15) is 0 Å². The molecule has 4 aromatic rings. The summed E-state index contributed by atoms with van der Waals surface area (Å²) in [6, 6.07) is 25.8. The Morgan fingerprint density at radius 1 is 0.848 bits per heavy atom. The van der Waals surface area contributed by atoms with Crippen LogP contribution in [-0.2, 0) is 4.79 Å². The Bertz CT molecular complexity index is 1240. The number of piperazine rings is 1. The van der Waals surface area contributed by atoms with Crippen molar-refractivity contribution in [3.05, 3.63) is 85.1 Å². The highest BCUT2D eigenvalue weighted by atomic mass is 16.5. The molecular formula is C27H26N4O2. The third-order valence-electron chi connectivity index (χ3n) is 5.97. The first-order valence-electron chi connectivity index (χ1n) is 11.2. The van der Waals surface area contributed by atoms with E-state index in [0.717, 1.165) is 35.4 Å².